The largest absolute Gasteiger partial charge is 0.399 e. The van der Waals surface area contributed by atoms with Crippen molar-refractivity contribution >= 4 is 18.9 Å². The second-order valence-electron chi connectivity index (χ2n) is 1.41. The average Bonchev–Trinajstić information content (AvgIpc) is 1.62. The van der Waals surface area contributed by atoms with Gasteiger partial charge >= 0.3 is 13.1 Å². The summed E-state index contributed by atoms with van der Waals surface area (Å²) in [7, 11) is -4.80. The van der Waals surface area contributed by atoms with E-state index in [2.05, 4.69) is 0 Å². The summed E-state index contributed by atoms with van der Waals surface area (Å²) in [6, 6.07) is 0. The van der Waals surface area contributed by atoms with E-state index < -0.39 is 18.9 Å². The molecule has 2 N–H and O–H groups in total. The molecule has 0 unspecified atom stereocenters. The van der Waals surface area contributed by atoms with E-state index >= 15 is 0 Å². The zero-order valence-electron chi connectivity index (χ0n) is 4.57. The highest BCUT2D eigenvalue weighted by molar-refractivity contribution is 7.73. The molecule has 0 rings (SSSR count). The van der Waals surface area contributed by atoms with Crippen molar-refractivity contribution in [1.82, 2.24) is 0 Å². The molecule has 52 valence electrons. The van der Waals surface area contributed by atoms with E-state index in [1.54, 1.807) is 0 Å². The van der Waals surface area contributed by atoms with Crippen LogP contribution in [0.3, 0.4) is 0 Å². The van der Waals surface area contributed by atoms with Gasteiger partial charge in [0, 0.05) is 6.92 Å². The number of carbonyl (C=O) groups is 2. The molecule has 0 spiro atoms. The number of hydrogen-bond acceptors (Lipinski definition) is 3. The van der Waals surface area contributed by atoms with E-state index in [9.17, 15) is 14.2 Å². The Morgan fingerprint density at radius 1 is 1.33 bits per heavy atom. The summed E-state index contributed by atoms with van der Waals surface area (Å²) >= 11 is 0. The van der Waals surface area contributed by atoms with E-state index in [0.29, 0.717) is 0 Å². The zero-order valence-corrected chi connectivity index (χ0v) is 5.46. The lowest BCUT2D eigenvalue weighted by Gasteiger charge is -1.95. The molecule has 0 bridgehead atoms. The van der Waals surface area contributed by atoms with Crippen LogP contribution in [0.15, 0.2) is 0 Å². The maximum atomic E-state index is 10.1. The lowest BCUT2D eigenvalue weighted by Crippen LogP contribution is -2.08. The van der Waals surface area contributed by atoms with Crippen LogP contribution in [0.1, 0.15) is 6.92 Å². The van der Waals surface area contributed by atoms with Crippen LogP contribution < -0.4 is 0 Å². The first-order valence-electron chi connectivity index (χ1n) is 1.96. The Bertz CT molecular complexity index is 188. The van der Waals surface area contributed by atoms with Crippen molar-refractivity contribution in [2.75, 3.05) is 0 Å². The third-order valence-corrected chi connectivity index (χ3v) is 1.41. The van der Waals surface area contributed by atoms with Gasteiger partial charge in [0.05, 0.1) is 0 Å². The Hall–Kier alpha value is -0.510. The Morgan fingerprint density at radius 2 is 1.67 bits per heavy atom. The molecule has 0 aliphatic rings. The van der Waals surface area contributed by atoms with Crippen LogP contribution in [0.5, 0.6) is 0 Å². The second-order valence-corrected chi connectivity index (χ2v) is 2.90. The molecular weight excluding hydrogens is 147 g/mol. The predicted molar refractivity (Wildman–Crippen MR) is 27.7 cm³/mol. The van der Waals surface area contributed by atoms with Crippen molar-refractivity contribution in [2.24, 2.45) is 0 Å². The molecule has 0 radical (unpaired) electrons. The Morgan fingerprint density at radius 3 is 1.67 bits per heavy atom. The molecule has 0 amide bonds. The van der Waals surface area contributed by atoms with E-state index in [1.165, 1.54) is 0 Å². The summed E-state index contributed by atoms with van der Waals surface area (Å²) < 4.78 is 9.90. The van der Waals surface area contributed by atoms with Gasteiger partial charge in [-0.25, -0.2) is 0 Å². The third-order valence-electron chi connectivity index (χ3n) is 0.566. The molecule has 0 saturated heterocycles. The number of carbonyl (C=O) groups excluding carboxylic acids is 2. The van der Waals surface area contributed by atoms with Crippen molar-refractivity contribution in [3.8, 4) is 0 Å². The normalized spacial score (nSPS) is 11.0. The maximum Gasteiger partial charge on any atom is 0.399 e. The van der Waals surface area contributed by atoms with E-state index in [0.717, 1.165) is 6.92 Å². The molecule has 0 aromatic rings. The molecule has 9 heavy (non-hydrogen) atoms. The predicted octanol–water partition coefficient (Wildman–Crippen LogP) is -0.720. The highest BCUT2D eigenvalue weighted by Crippen LogP contribution is 2.35. The maximum absolute atomic E-state index is 10.1. The minimum atomic E-state index is -4.80. The number of ketones is 1. The van der Waals surface area contributed by atoms with Gasteiger partial charge in [0.15, 0.2) is 0 Å². The first kappa shape index (κ1) is 8.49. The van der Waals surface area contributed by atoms with Crippen LogP contribution in [-0.4, -0.2) is 21.1 Å². The quantitative estimate of drug-likeness (QED) is 0.402. The van der Waals surface area contributed by atoms with Crippen LogP contribution in [-0.2, 0) is 14.2 Å². The Kier molecular flexibility index (Phi) is 2.25. The zero-order chi connectivity index (χ0) is 7.65. The number of hydrogen-bond donors (Lipinski definition) is 2. The van der Waals surface area contributed by atoms with Gasteiger partial charge in [0.2, 0.25) is 5.78 Å². The minimum Gasteiger partial charge on any atom is -0.319 e. The van der Waals surface area contributed by atoms with Crippen LogP contribution in [0.2, 0.25) is 0 Å². The van der Waals surface area contributed by atoms with Gasteiger partial charge in [-0.1, -0.05) is 0 Å². The van der Waals surface area contributed by atoms with E-state index in [4.69, 9.17) is 9.79 Å². The van der Waals surface area contributed by atoms with Gasteiger partial charge in [-0.15, -0.1) is 0 Å². The first-order chi connectivity index (χ1) is 3.85. The molecule has 0 aliphatic carbocycles. The highest BCUT2D eigenvalue weighted by atomic mass is 31.2. The summed E-state index contributed by atoms with van der Waals surface area (Å²) in [5, 5.41) is 0. The van der Waals surface area contributed by atoms with Crippen molar-refractivity contribution in [3.63, 3.8) is 0 Å². The lowest BCUT2D eigenvalue weighted by molar-refractivity contribution is -0.131. The molecular formula is C3H5O5P. The highest BCUT2D eigenvalue weighted by Gasteiger charge is 2.29. The molecule has 5 nitrogen and oxygen atoms in total. The fraction of sp³-hybridized carbons (Fsp3) is 0.333. The summed E-state index contributed by atoms with van der Waals surface area (Å²) in [4.78, 5) is 36.0. The van der Waals surface area contributed by atoms with Gasteiger partial charge in [-0.05, 0) is 0 Å². The number of rotatable bonds is 2. The van der Waals surface area contributed by atoms with Crippen molar-refractivity contribution in [3.05, 3.63) is 0 Å². The van der Waals surface area contributed by atoms with Crippen molar-refractivity contribution < 1.29 is 23.9 Å². The lowest BCUT2D eigenvalue weighted by atomic mass is 10.5. The smallest absolute Gasteiger partial charge is 0.319 e. The molecule has 0 aromatic carbocycles. The molecule has 0 atom stereocenters. The topological polar surface area (TPSA) is 91.7 Å². The van der Waals surface area contributed by atoms with Crippen LogP contribution in [0.25, 0.3) is 0 Å². The monoisotopic (exact) mass is 152 g/mol. The van der Waals surface area contributed by atoms with Crippen LogP contribution in [0.4, 0.5) is 0 Å². The standard InChI is InChI=1S/C3H5O5P/c1-2(4)3(5)9(6,7)8/h1H3,(H2,6,7,8). The van der Waals surface area contributed by atoms with E-state index in [-0.39, 0.29) is 0 Å². The summed E-state index contributed by atoms with van der Waals surface area (Å²) in [5.74, 6) is -1.12. The van der Waals surface area contributed by atoms with Gasteiger partial charge in [-0.3, -0.25) is 14.2 Å². The SMILES string of the molecule is CC(=O)C(=O)P(=O)(O)O. The molecule has 0 aliphatic heterocycles. The Balaban J connectivity index is 4.43. The van der Waals surface area contributed by atoms with E-state index in [1.807, 2.05) is 0 Å². The summed E-state index contributed by atoms with van der Waals surface area (Å²) in [5.41, 5.74) is -1.64. The fourth-order valence-corrected chi connectivity index (χ4v) is 0.615. The first-order valence-corrected chi connectivity index (χ1v) is 3.58. The van der Waals surface area contributed by atoms with Gasteiger partial charge in [0.25, 0.3) is 0 Å². The van der Waals surface area contributed by atoms with Crippen molar-refractivity contribution in [1.29, 1.82) is 0 Å². The summed E-state index contributed by atoms with van der Waals surface area (Å²) in [6.07, 6.45) is 0. The minimum absolute atomic E-state index is 0.807. The van der Waals surface area contributed by atoms with Crippen LogP contribution in [0, 0.1) is 0 Å². The average molecular weight is 152 g/mol. The molecule has 0 saturated carbocycles. The van der Waals surface area contributed by atoms with Gasteiger partial charge in [-0.2, -0.15) is 0 Å². The third kappa shape index (κ3) is 2.51. The second kappa shape index (κ2) is 2.39. The Labute approximate surface area is 50.8 Å². The van der Waals surface area contributed by atoms with Gasteiger partial charge < -0.3 is 9.79 Å². The molecule has 0 aromatic heterocycles. The summed E-state index contributed by atoms with van der Waals surface area (Å²) in [6.45, 7) is 0.807. The van der Waals surface area contributed by atoms with Gasteiger partial charge in [0.1, 0.15) is 0 Å². The molecule has 6 heteroatoms. The molecule has 0 fully saturated rings. The fourth-order valence-electron chi connectivity index (χ4n) is 0.205. The van der Waals surface area contributed by atoms with Crippen LogP contribution >= 0.6 is 7.60 Å². The molecule has 0 heterocycles. The number of Topliss-reactive ketones (excluding diaryl/α,β-unsaturated/α-hetero) is 1. The van der Waals surface area contributed by atoms with Crippen molar-refractivity contribution in [2.45, 2.75) is 6.92 Å².